The first kappa shape index (κ1) is 11.4. The van der Waals surface area contributed by atoms with Crippen LogP contribution in [0.2, 0.25) is 0 Å². The summed E-state index contributed by atoms with van der Waals surface area (Å²) >= 11 is 0. The van der Waals surface area contributed by atoms with Crippen LogP contribution in [0.25, 0.3) is 0 Å². The van der Waals surface area contributed by atoms with E-state index >= 15 is 0 Å². The van der Waals surface area contributed by atoms with Crippen molar-refractivity contribution in [2.24, 2.45) is 0 Å². The Labute approximate surface area is 99.6 Å². The lowest BCUT2D eigenvalue weighted by Gasteiger charge is -2.11. The first-order valence-corrected chi connectivity index (χ1v) is 5.51. The third-order valence-corrected chi connectivity index (χ3v) is 2.67. The molecule has 0 fully saturated rings. The molecular formula is C13H14N2O2. The molecule has 2 rings (SSSR count). The van der Waals surface area contributed by atoms with Crippen molar-refractivity contribution in [2.75, 3.05) is 5.32 Å². The summed E-state index contributed by atoms with van der Waals surface area (Å²) in [4.78, 5) is 11.9. The van der Waals surface area contributed by atoms with Crippen molar-refractivity contribution in [3.05, 3.63) is 47.3 Å². The van der Waals surface area contributed by atoms with Crippen molar-refractivity contribution in [3.8, 4) is 0 Å². The van der Waals surface area contributed by atoms with Crippen molar-refractivity contribution in [1.29, 1.82) is 0 Å². The standard InChI is InChI=1S/C13H14N2O2/c1-3-10-6-4-5-9(2)12(10)15-13(16)11-7-14-17-8-11/h4-8H,3H2,1-2H3,(H,15,16). The molecule has 1 aromatic carbocycles. The summed E-state index contributed by atoms with van der Waals surface area (Å²) in [6, 6.07) is 5.97. The summed E-state index contributed by atoms with van der Waals surface area (Å²) in [5.41, 5.74) is 3.47. The van der Waals surface area contributed by atoms with E-state index < -0.39 is 0 Å². The topological polar surface area (TPSA) is 55.1 Å². The molecule has 1 heterocycles. The Hall–Kier alpha value is -2.10. The van der Waals surface area contributed by atoms with E-state index in [0.29, 0.717) is 5.56 Å². The van der Waals surface area contributed by atoms with Crippen LogP contribution in [0.4, 0.5) is 5.69 Å². The van der Waals surface area contributed by atoms with Crippen molar-refractivity contribution < 1.29 is 9.32 Å². The fourth-order valence-corrected chi connectivity index (χ4v) is 1.70. The quantitative estimate of drug-likeness (QED) is 0.882. The van der Waals surface area contributed by atoms with E-state index in [9.17, 15) is 4.79 Å². The molecule has 0 aliphatic carbocycles. The van der Waals surface area contributed by atoms with E-state index in [4.69, 9.17) is 0 Å². The molecule has 0 saturated carbocycles. The summed E-state index contributed by atoms with van der Waals surface area (Å²) < 4.78 is 4.65. The number of anilines is 1. The Morgan fingerprint density at radius 3 is 2.94 bits per heavy atom. The molecule has 0 radical (unpaired) electrons. The number of para-hydroxylation sites is 1. The molecule has 1 amide bonds. The Morgan fingerprint density at radius 2 is 2.29 bits per heavy atom. The van der Waals surface area contributed by atoms with Crippen LogP contribution in [-0.2, 0) is 6.42 Å². The highest BCUT2D eigenvalue weighted by molar-refractivity contribution is 6.04. The molecule has 4 nitrogen and oxygen atoms in total. The maximum absolute atomic E-state index is 11.9. The lowest BCUT2D eigenvalue weighted by atomic mass is 10.1. The van der Waals surface area contributed by atoms with Gasteiger partial charge in [0.15, 0.2) is 0 Å². The Balaban J connectivity index is 2.27. The van der Waals surface area contributed by atoms with E-state index in [2.05, 4.69) is 21.9 Å². The molecule has 0 saturated heterocycles. The molecule has 0 atom stereocenters. The Morgan fingerprint density at radius 1 is 1.47 bits per heavy atom. The average Bonchev–Trinajstić information content (AvgIpc) is 2.85. The Bertz CT molecular complexity index is 518. The monoisotopic (exact) mass is 230 g/mol. The molecule has 2 aromatic rings. The number of hydrogen-bond acceptors (Lipinski definition) is 3. The average molecular weight is 230 g/mol. The lowest BCUT2D eigenvalue weighted by molar-refractivity contribution is 0.102. The van der Waals surface area contributed by atoms with Gasteiger partial charge in [-0.15, -0.1) is 0 Å². The van der Waals surface area contributed by atoms with E-state index in [1.807, 2.05) is 25.1 Å². The summed E-state index contributed by atoms with van der Waals surface area (Å²) in [5.74, 6) is -0.199. The van der Waals surface area contributed by atoms with Gasteiger partial charge >= 0.3 is 0 Å². The van der Waals surface area contributed by atoms with Crippen LogP contribution in [0, 0.1) is 6.92 Å². The molecule has 0 bridgehead atoms. The van der Waals surface area contributed by atoms with Gasteiger partial charge < -0.3 is 9.84 Å². The predicted octanol–water partition coefficient (Wildman–Crippen LogP) is 2.80. The maximum atomic E-state index is 11.9. The minimum Gasteiger partial charge on any atom is -0.364 e. The van der Waals surface area contributed by atoms with Gasteiger partial charge in [0.05, 0.1) is 11.8 Å². The normalized spacial score (nSPS) is 10.2. The van der Waals surface area contributed by atoms with Crippen LogP contribution in [0.1, 0.15) is 28.4 Å². The second kappa shape index (κ2) is 4.82. The summed E-state index contributed by atoms with van der Waals surface area (Å²) in [6.45, 7) is 4.03. The van der Waals surface area contributed by atoms with Crippen LogP contribution in [-0.4, -0.2) is 11.1 Å². The van der Waals surface area contributed by atoms with Gasteiger partial charge in [0, 0.05) is 5.69 Å². The molecule has 0 spiro atoms. The fourth-order valence-electron chi connectivity index (χ4n) is 1.70. The summed E-state index contributed by atoms with van der Waals surface area (Å²) in [7, 11) is 0. The molecule has 0 aliphatic rings. The first-order chi connectivity index (χ1) is 8.22. The molecule has 1 aromatic heterocycles. The van der Waals surface area contributed by atoms with E-state index in [1.54, 1.807) is 0 Å². The van der Waals surface area contributed by atoms with Crippen molar-refractivity contribution in [2.45, 2.75) is 20.3 Å². The molecular weight excluding hydrogens is 216 g/mol. The SMILES string of the molecule is CCc1cccc(C)c1NC(=O)c1cnoc1. The minimum atomic E-state index is -0.199. The molecule has 88 valence electrons. The van der Waals surface area contributed by atoms with Gasteiger partial charge in [0.1, 0.15) is 6.26 Å². The molecule has 0 unspecified atom stereocenters. The third kappa shape index (κ3) is 2.36. The van der Waals surface area contributed by atoms with Crippen LogP contribution >= 0.6 is 0 Å². The number of aryl methyl sites for hydroxylation is 2. The van der Waals surface area contributed by atoms with Crippen LogP contribution in [0.5, 0.6) is 0 Å². The van der Waals surface area contributed by atoms with Crippen LogP contribution < -0.4 is 5.32 Å². The first-order valence-electron chi connectivity index (χ1n) is 5.51. The van der Waals surface area contributed by atoms with Gasteiger partial charge in [0.25, 0.3) is 5.91 Å². The molecule has 0 aliphatic heterocycles. The number of carbonyl (C=O) groups is 1. The number of benzene rings is 1. The van der Waals surface area contributed by atoms with Gasteiger partial charge in [0.2, 0.25) is 0 Å². The Kier molecular flexibility index (Phi) is 3.23. The number of aromatic nitrogens is 1. The summed E-state index contributed by atoms with van der Waals surface area (Å²) in [5, 5.41) is 6.41. The summed E-state index contributed by atoms with van der Waals surface area (Å²) in [6.07, 6.45) is 3.61. The maximum Gasteiger partial charge on any atom is 0.260 e. The minimum absolute atomic E-state index is 0.199. The number of nitrogens with one attached hydrogen (secondary N) is 1. The molecule has 4 heteroatoms. The molecule has 1 N–H and O–H groups in total. The molecule has 17 heavy (non-hydrogen) atoms. The highest BCUT2D eigenvalue weighted by atomic mass is 16.5. The van der Waals surface area contributed by atoms with E-state index in [0.717, 1.165) is 23.2 Å². The van der Waals surface area contributed by atoms with E-state index in [-0.39, 0.29) is 5.91 Å². The number of hydrogen-bond donors (Lipinski definition) is 1. The predicted molar refractivity (Wildman–Crippen MR) is 65.0 cm³/mol. The second-order valence-corrected chi connectivity index (χ2v) is 3.83. The largest absolute Gasteiger partial charge is 0.364 e. The zero-order valence-corrected chi connectivity index (χ0v) is 9.86. The number of nitrogens with zero attached hydrogens (tertiary/aromatic N) is 1. The van der Waals surface area contributed by atoms with Crippen molar-refractivity contribution >= 4 is 11.6 Å². The van der Waals surface area contributed by atoms with Crippen molar-refractivity contribution in [1.82, 2.24) is 5.16 Å². The van der Waals surface area contributed by atoms with Gasteiger partial charge in [-0.25, -0.2) is 0 Å². The zero-order valence-electron chi connectivity index (χ0n) is 9.86. The number of rotatable bonds is 3. The van der Waals surface area contributed by atoms with Gasteiger partial charge in [-0.3, -0.25) is 4.79 Å². The van der Waals surface area contributed by atoms with Crippen molar-refractivity contribution in [3.63, 3.8) is 0 Å². The van der Waals surface area contributed by atoms with Gasteiger partial charge in [-0.1, -0.05) is 30.3 Å². The number of carbonyl (C=O) groups excluding carboxylic acids is 1. The highest BCUT2D eigenvalue weighted by Gasteiger charge is 2.11. The van der Waals surface area contributed by atoms with Gasteiger partial charge in [-0.2, -0.15) is 0 Å². The third-order valence-electron chi connectivity index (χ3n) is 2.67. The fraction of sp³-hybridized carbons (Fsp3) is 0.231. The zero-order chi connectivity index (χ0) is 12.3. The lowest BCUT2D eigenvalue weighted by Crippen LogP contribution is -2.13. The van der Waals surface area contributed by atoms with E-state index in [1.165, 1.54) is 12.5 Å². The second-order valence-electron chi connectivity index (χ2n) is 3.83. The van der Waals surface area contributed by atoms with Gasteiger partial charge in [-0.05, 0) is 24.5 Å². The smallest absolute Gasteiger partial charge is 0.260 e. The number of amides is 1. The highest BCUT2D eigenvalue weighted by Crippen LogP contribution is 2.21. The van der Waals surface area contributed by atoms with Crippen LogP contribution in [0.3, 0.4) is 0 Å². The van der Waals surface area contributed by atoms with Crippen LogP contribution in [0.15, 0.2) is 35.2 Å².